The number of aryl methyl sites for hydroxylation is 1. The third-order valence-corrected chi connectivity index (χ3v) is 6.88. The van der Waals surface area contributed by atoms with Crippen molar-refractivity contribution < 1.29 is 24.1 Å². The lowest BCUT2D eigenvalue weighted by Gasteiger charge is -2.27. The zero-order chi connectivity index (χ0) is 26.3. The van der Waals surface area contributed by atoms with Crippen LogP contribution < -0.4 is 14.2 Å². The van der Waals surface area contributed by atoms with E-state index >= 15 is 0 Å². The second-order valence-electron chi connectivity index (χ2n) is 8.63. The molecule has 0 spiro atoms. The van der Waals surface area contributed by atoms with Gasteiger partial charge >= 0.3 is 0 Å². The van der Waals surface area contributed by atoms with Gasteiger partial charge in [-0.25, -0.2) is 0 Å². The number of carbonyl (C=O) groups is 1. The van der Waals surface area contributed by atoms with Crippen LogP contribution in [-0.4, -0.2) is 52.4 Å². The van der Waals surface area contributed by atoms with Crippen molar-refractivity contribution in [2.24, 2.45) is 0 Å². The van der Waals surface area contributed by atoms with Gasteiger partial charge < -0.3 is 24.2 Å². The highest BCUT2D eigenvalue weighted by Gasteiger charge is 2.43. The summed E-state index contributed by atoms with van der Waals surface area (Å²) in [6.07, 6.45) is 3.40. The van der Waals surface area contributed by atoms with Crippen molar-refractivity contribution >= 4 is 17.5 Å². The largest absolute Gasteiger partial charge is 0.507 e. The highest BCUT2D eigenvalue weighted by Crippen LogP contribution is 2.49. The van der Waals surface area contributed by atoms with Crippen molar-refractivity contribution in [1.29, 1.82) is 0 Å². The van der Waals surface area contributed by atoms with Crippen molar-refractivity contribution in [3.05, 3.63) is 81.8 Å². The van der Waals surface area contributed by atoms with Gasteiger partial charge in [-0.3, -0.25) is 14.9 Å². The quantitative estimate of drug-likeness (QED) is 0.356. The maximum Gasteiger partial charge on any atom is 0.273 e. The molecule has 1 amide bonds. The van der Waals surface area contributed by atoms with Gasteiger partial charge in [0.05, 0.1) is 27.4 Å². The van der Waals surface area contributed by atoms with Crippen LogP contribution in [0.25, 0.3) is 11.3 Å². The van der Waals surface area contributed by atoms with Gasteiger partial charge in [0.25, 0.3) is 5.91 Å². The van der Waals surface area contributed by atoms with Gasteiger partial charge in [-0.1, -0.05) is 17.7 Å². The van der Waals surface area contributed by atoms with Gasteiger partial charge in [0.2, 0.25) is 5.75 Å². The van der Waals surface area contributed by atoms with Crippen LogP contribution in [0.2, 0.25) is 5.02 Å². The van der Waals surface area contributed by atoms with Crippen LogP contribution in [0.1, 0.15) is 38.8 Å². The molecule has 0 aliphatic carbocycles. The number of rotatable bonds is 7. The minimum absolute atomic E-state index is 0.0120. The topological polar surface area (TPSA) is 110 Å². The van der Waals surface area contributed by atoms with Crippen LogP contribution >= 0.6 is 11.6 Å². The molecule has 10 heteroatoms. The first-order valence-corrected chi connectivity index (χ1v) is 11.8. The number of hydrogen-bond donors (Lipinski definition) is 2. The maximum atomic E-state index is 13.7. The van der Waals surface area contributed by atoms with Crippen LogP contribution in [0.15, 0.2) is 48.8 Å². The number of aromatic nitrogens is 3. The van der Waals surface area contributed by atoms with Gasteiger partial charge in [0, 0.05) is 35.1 Å². The lowest BCUT2D eigenvalue weighted by atomic mass is 9.94. The molecule has 0 radical (unpaired) electrons. The van der Waals surface area contributed by atoms with Crippen molar-refractivity contribution in [2.45, 2.75) is 19.5 Å². The van der Waals surface area contributed by atoms with E-state index in [1.54, 1.807) is 36.4 Å². The minimum Gasteiger partial charge on any atom is -0.507 e. The molecule has 3 heterocycles. The first kappa shape index (κ1) is 24.5. The van der Waals surface area contributed by atoms with Gasteiger partial charge in [-0.15, -0.1) is 0 Å². The number of benzene rings is 2. The highest BCUT2D eigenvalue weighted by atomic mass is 35.5. The van der Waals surface area contributed by atoms with E-state index in [2.05, 4.69) is 15.2 Å². The predicted octanol–water partition coefficient (Wildman–Crippen LogP) is 4.91. The Kier molecular flexibility index (Phi) is 6.39. The molecule has 2 aromatic carbocycles. The average Bonchev–Trinajstić information content (AvgIpc) is 3.44. The molecule has 1 atom stereocenters. The van der Waals surface area contributed by atoms with Crippen LogP contribution in [0.5, 0.6) is 23.0 Å². The van der Waals surface area contributed by atoms with Gasteiger partial charge in [0.1, 0.15) is 17.1 Å². The van der Waals surface area contributed by atoms with Crippen molar-refractivity contribution in [3.63, 3.8) is 0 Å². The van der Waals surface area contributed by atoms with Crippen LogP contribution in [0.4, 0.5) is 0 Å². The fraction of sp³-hybridized carbons (Fsp3) is 0.222. The molecule has 0 fully saturated rings. The first-order valence-electron chi connectivity index (χ1n) is 11.4. The lowest BCUT2D eigenvalue weighted by molar-refractivity contribution is 0.0729. The summed E-state index contributed by atoms with van der Waals surface area (Å²) >= 11 is 6.40. The second kappa shape index (κ2) is 9.67. The van der Waals surface area contributed by atoms with E-state index in [-0.39, 0.29) is 18.2 Å². The Hall–Kier alpha value is -4.24. The van der Waals surface area contributed by atoms with E-state index in [1.165, 1.54) is 21.3 Å². The molecule has 0 bridgehead atoms. The summed E-state index contributed by atoms with van der Waals surface area (Å²) in [6.45, 7) is 2.09. The molecule has 190 valence electrons. The van der Waals surface area contributed by atoms with Gasteiger partial charge in [-0.2, -0.15) is 5.10 Å². The minimum atomic E-state index is -0.593. The molecule has 5 rings (SSSR count). The molecule has 37 heavy (non-hydrogen) atoms. The number of hydrogen-bond acceptors (Lipinski definition) is 7. The fourth-order valence-corrected chi connectivity index (χ4v) is 4.88. The summed E-state index contributed by atoms with van der Waals surface area (Å²) in [4.78, 5) is 19.6. The number of phenolic OH excluding ortho intramolecular Hbond substituents is 1. The number of pyridine rings is 1. The number of carbonyl (C=O) groups excluding carboxylic acids is 1. The smallest absolute Gasteiger partial charge is 0.273 e. The van der Waals surface area contributed by atoms with Crippen molar-refractivity contribution in [1.82, 2.24) is 20.1 Å². The number of halogens is 1. The maximum absolute atomic E-state index is 13.7. The molecule has 0 saturated heterocycles. The molecule has 4 aromatic rings. The zero-order valence-corrected chi connectivity index (χ0v) is 21.5. The normalized spacial score (nSPS) is 14.6. The average molecular weight is 521 g/mol. The van der Waals surface area contributed by atoms with Gasteiger partial charge in [-0.05, 0) is 53.9 Å². The molecule has 2 aromatic heterocycles. The van der Waals surface area contributed by atoms with E-state index in [0.29, 0.717) is 50.3 Å². The zero-order valence-electron chi connectivity index (χ0n) is 20.7. The molecule has 1 aliphatic heterocycles. The number of aromatic hydroxyl groups is 1. The Morgan fingerprint density at radius 1 is 1.11 bits per heavy atom. The number of H-pyrrole nitrogens is 1. The Morgan fingerprint density at radius 2 is 1.84 bits per heavy atom. The number of methoxy groups -OCH3 is 3. The Bertz CT molecular complexity index is 1460. The summed E-state index contributed by atoms with van der Waals surface area (Å²) in [6, 6.07) is 9.99. The second-order valence-corrected chi connectivity index (χ2v) is 9.04. The Balaban J connectivity index is 1.74. The third-order valence-electron chi connectivity index (χ3n) is 6.47. The molecule has 0 saturated carbocycles. The highest BCUT2D eigenvalue weighted by molar-refractivity contribution is 6.31. The summed E-state index contributed by atoms with van der Waals surface area (Å²) in [5.41, 5.74) is 4.08. The molecule has 2 N–H and O–H groups in total. The standard InChI is InChI=1S/C27H25ClN4O5/c1-14-8-19(33)17(11-18(14)28)23-22-24(31-30-23)27(34)32(13-15-6-5-7-29-12-15)25(22)16-9-20(35-2)26(37-4)21(10-16)36-3/h5-12,25,33H,13H2,1-4H3,(H,30,31)/t25-/m0/s1. The monoisotopic (exact) mass is 520 g/mol. The third kappa shape index (κ3) is 4.11. The molecular formula is C27H25ClN4O5. The van der Waals surface area contributed by atoms with E-state index < -0.39 is 6.04 Å². The summed E-state index contributed by atoms with van der Waals surface area (Å²) in [7, 11) is 4.61. The van der Waals surface area contributed by atoms with Crippen LogP contribution in [-0.2, 0) is 6.54 Å². The first-order chi connectivity index (χ1) is 17.9. The summed E-state index contributed by atoms with van der Waals surface area (Å²) in [5, 5.41) is 18.6. The Morgan fingerprint density at radius 3 is 2.46 bits per heavy atom. The molecule has 1 aliphatic rings. The molecule has 0 unspecified atom stereocenters. The van der Waals surface area contributed by atoms with E-state index in [9.17, 15) is 9.90 Å². The number of aromatic amines is 1. The number of nitrogens with zero attached hydrogens (tertiary/aromatic N) is 3. The van der Waals surface area contributed by atoms with E-state index in [0.717, 1.165) is 11.1 Å². The summed E-state index contributed by atoms with van der Waals surface area (Å²) in [5.74, 6) is 1.11. The van der Waals surface area contributed by atoms with E-state index in [4.69, 9.17) is 25.8 Å². The summed E-state index contributed by atoms with van der Waals surface area (Å²) < 4.78 is 16.7. The SMILES string of the molecule is COc1cc([C@H]2c3c(-c4cc(Cl)c(C)cc4O)n[nH]c3C(=O)N2Cc2cccnc2)cc(OC)c1OC. The number of phenols is 1. The van der Waals surface area contributed by atoms with Gasteiger partial charge in [0.15, 0.2) is 11.5 Å². The number of ether oxygens (including phenoxy) is 3. The fourth-order valence-electron chi connectivity index (χ4n) is 4.72. The lowest BCUT2D eigenvalue weighted by Crippen LogP contribution is -2.29. The number of amides is 1. The van der Waals surface area contributed by atoms with Crippen molar-refractivity contribution in [2.75, 3.05) is 21.3 Å². The Labute approximate surface area is 218 Å². The van der Waals surface area contributed by atoms with E-state index in [1.807, 2.05) is 24.3 Å². The molecule has 9 nitrogen and oxygen atoms in total. The van der Waals surface area contributed by atoms with Crippen molar-refractivity contribution in [3.8, 4) is 34.3 Å². The van der Waals surface area contributed by atoms with Crippen LogP contribution in [0.3, 0.4) is 0 Å². The molecular weight excluding hydrogens is 496 g/mol. The number of nitrogens with one attached hydrogen (secondary N) is 1. The predicted molar refractivity (Wildman–Crippen MR) is 137 cm³/mol. The number of fused-ring (bicyclic) bond motifs is 1. The van der Waals surface area contributed by atoms with Crippen LogP contribution in [0, 0.1) is 6.92 Å².